The van der Waals surface area contributed by atoms with E-state index < -0.39 is 0 Å². The standard InChI is InChI=1S/C21H20ClN3O/c1-15-2-4-17(5-3-15)13-23-20-11-10-19(14-24-20)25-21(26)12-16-6-8-18(22)9-7-16/h2-11,14H,12-13H2,1H3,(H,23,24)(H,25,26). The summed E-state index contributed by atoms with van der Waals surface area (Å²) in [5.41, 5.74) is 4.02. The molecule has 0 aliphatic carbocycles. The Hall–Kier alpha value is -2.85. The molecule has 0 saturated carbocycles. The number of aryl methyl sites for hydroxylation is 1. The Morgan fingerprint density at radius 2 is 1.65 bits per heavy atom. The van der Waals surface area contributed by atoms with Gasteiger partial charge in [-0.05, 0) is 42.3 Å². The number of carbonyl (C=O) groups excluding carboxylic acids is 1. The second-order valence-corrected chi connectivity index (χ2v) is 6.56. The molecule has 3 rings (SSSR count). The van der Waals surface area contributed by atoms with Crippen molar-refractivity contribution in [2.45, 2.75) is 19.9 Å². The van der Waals surface area contributed by atoms with Crippen LogP contribution in [0.4, 0.5) is 11.5 Å². The van der Waals surface area contributed by atoms with E-state index in [0.717, 1.165) is 11.4 Å². The first-order valence-electron chi connectivity index (χ1n) is 8.38. The van der Waals surface area contributed by atoms with Crippen LogP contribution in [0.5, 0.6) is 0 Å². The van der Waals surface area contributed by atoms with Gasteiger partial charge in [0.15, 0.2) is 0 Å². The molecule has 0 aliphatic heterocycles. The summed E-state index contributed by atoms with van der Waals surface area (Å²) in [6.45, 7) is 2.77. The first kappa shape index (κ1) is 18.0. The average Bonchev–Trinajstić information content (AvgIpc) is 2.64. The maximum atomic E-state index is 12.1. The molecule has 1 amide bonds. The molecule has 3 aromatic rings. The van der Waals surface area contributed by atoms with Crippen molar-refractivity contribution in [2.75, 3.05) is 10.6 Å². The van der Waals surface area contributed by atoms with E-state index in [9.17, 15) is 4.79 Å². The number of rotatable bonds is 6. The van der Waals surface area contributed by atoms with Gasteiger partial charge in [0.2, 0.25) is 5.91 Å². The van der Waals surface area contributed by atoms with Crippen molar-refractivity contribution < 1.29 is 4.79 Å². The fourth-order valence-corrected chi connectivity index (χ4v) is 2.59. The lowest BCUT2D eigenvalue weighted by atomic mass is 10.1. The molecule has 1 heterocycles. The number of carbonyl (C=O) groups is 1. The number of halogens is 1. The largest absolute Gasteiger partial charge is 0.366 e. The molecule has 4 nitrogen and oxygen atoms in total. The molecule has 0 fully saturated rings. The molecule has 1 aromatic heterocycles. The third kappa shape index (κ3) is 5.33. The van der Waals surface area contributed by atoms with Crippen LogP contribution < -0.4 is 10.6 Å². The third-order valence-corrected chi connectivity index (χ3v) is 4.17. The summed E-state index contributed by atoms with van der Waals surface area (Å²) in [5.74, 6) is 0.677. The van der Waals surface area contributed by atoms with Crippen LogP contribution in [0.2, 0.25) is 5.02 Å². The maximum absolute atomic E-state index is 12.1. The fourth-order valence-electron chi connectivity index (χ4n) is 2.46. The van der Waals surface area contributed by atoms with Crippen molar-refractivity contribution in [3.8, 4) is 0 Å². The lowest BCUT2D eigenvalue weighted by molar-refractivity contribution is -0.115. The van der Waals surface area contributed by atoms with Crippen molar-refractivity contribution in [1.82, 2.24) is 4.98 Å². The number of nitrogens with one attached hydrogen (secondary N) is 2. The van der Waals surface area contributed by atoms with Gasteiger partial charge in [0.25, 0.3) is 0 Å². The van der Waals surface area contributed by atoms with E-state index in [1.807, 2.05) is 24.3 Å². The van der Waals surface area contributed by atoms with Gasteiger partial charge in [-0.2, -0.15) is 0 Å². The Morgan fingerprint density at radius 1 is 0.962 bits per heavy atom. The van der Waals surface area contributed by atoms with Gasteiger partial charge in [0, 0.05) is 11.6 Å². The highest BCUT2D eigenvalue weighted by Gasteiger charge is 2.05. The van der Waals surface area contributed by atoms with Crippen LogP contribution in [0, 0.1) is 6.92 Å². The molecular weight excluding hydrogens is 346 g/mol. The number of nitrogens with zero attached hydrogens (tertiary/aromatic N) is 1. The van der Waals surface area contributed by atoms with Crippen LogP contribution in [0.3, 0.4) is 0 Å². The van der Waals surface area contributed by atoms with E-state index in [0.29, 0.717) is 23.7 Å². The van der Waals surface area contributed by atoms with Crippen molar-refractivity contribution in [3.05, 3.63) is 88.6 Å². The van der Waals surface area contributed by atoms with Crippen LogP contribution in [-0.4, -0.2) is 10.9 Å². The molecule has 0 aliphatic rings. The van der Waals surface area contributed by atoms with Crippen molar-refractivity contribution in [3.63, 3.8) is 0 Å². The van der Waals surface area contributed by atoms with E-state index in [-0.39, 0.29) is 5.91 Å². The summed E-state index contributed by atoms with van der Waals surface area (Å²) >= 11 is 5.85. The van der Waals surface area contributed by atoms with Crippen molar-refractivity contribution in [1.29, 1.82) is 0 Å². The van der Waals surface area contributed by atoms with Gasteiger partial charge in [-0.3, -0.25) is 4.79 Å². The molecule has 0 radical (unpaired) electrons. The Kier molecular flexibility index (Phi) is 5.87. The normalized spacial score (nSPS) is 10.4. The second kappa shape index (κ2) is 8.50. The molecule has 0 bridgehead atoms. The lowest BCUT2D eigenvalue weighted by Gasteiger charge is -2.08. The molecular formula is C21H20ClN3O. The van der Waals surface area contributed by atoms with Gasteiger partial charge in [-0.25, -0.2) is 4.98 Å². The molecule has 132 valence electrons. The number of aromatic nitrogens is 1. The minimum atomic E-state index is -0.0884. The molecule has 5 heteroatoms. The number of anilines is 2. The van der Waals surface area contributed by atoms with Crippen LogP contribution in [0.1, 0.15) is 16.7 Å². The lowest BCUT2D eigenvalue weighted by Crippen LogP contribution is -2.14. The van der Waals surface area contributed by atoms with Gasteiger partial charge in [-0.1, -0.05) is 53.6 Å². The Bertz CT molecular complexity index is 859. The number of pyridine rings is 1. The summed E-state index contributed by atoms with van der Waals surface area (Å²) in [6.07, 6.45) is 1.95. The SMILES string of the molecule is Cc1ccc(CNc2ccc(NC(=O)Cc3ccc(Cl)cc3)cn2)cc1. The number of amides is 1. The van der Waals surface area contributed by atoms with Crippen molar-refractivity contribution in [2.24, 2.45) is 0 Å². The van der Waals surface area contributed by atoms with E-state index in [1.54, 1.807) is 18.3 Å². The average molecular weight is 366 g/mol. The Balaban J connectivity index is 1.51. The van der Waals surface area contributed by atoms with Gasteiger partial charge in [0.05, 0.1) is 18.3 Å². The first-order valence-corrected chi connectivity index (χ1v) is 8.76. The van der Waals surface area contributed by atoms with E-state index >= 15 is 0 Å². The minimum Gasteiger partial charge on any atom is -0.366 e. The number of benzene rings is 2. The molecule has 0 spiro atoms. The number of hydrogen-bond donors (Lipinski definition) is 2. The highest BCUT2D eigenvalue weighted by molar-refractivity contribution is 6.30. The Morgan fingerprint density at radius 3 is 2.31 bits per heavy atom. The monoisotopic (exact) mass is 365 g/mol. The van der Waals surface area contributed by atoms with Gasteiger partial charge >= 0.3 is 0 Å². The van der Waals surface area contributed by atoms with Gasteiger partial charge in [0.1, 0.15) is 5.82 Å². The van der Waals surface area contributed by atoms with Crippen LogP contribution >= 0.6 is 11.6 Å². The highest BCUT2D eigenvalue weighted by atomic mass is 35.5. The van der Waals surface area contributed by atoms with E-state index in [4.69, 9.17) is 11.6 Å². The maximum Gasteiger partial charge on any atom is 0.228 e. The summed E-state index contributed by atoms with van der Waals surface area (Å²) in [4.78, 5) is 16.4. The quantitative estimate of drug-likeness (QED) is 0.657. The van der Waals surface area contributed by atoms with Crippen molar-refractivity contribution >= 4 is 29.0 Å². The molecule has 26 heavy (non-hydrogen) atoms. The number of hydrogen-bond acceptors (Lipinski definition) is 3. The highest BCUT2D eigenvalue weighted by Crippen LogP contribution is 2.13. The smallest absolute Gasteiger partial charge is 0.228 e. The molecule has 0 unspecified atom stereocenters. The summed E-state index contributed by atoms with van der Waals surface area (Å²) in [5, 5.41) is 6.78. The predicted octanol–water partition coefficient (Wildman–Crippen LogP) is 4.84. The zero-order valence-corrected chi connectivity index (χ0v) is 15.3. The Labute approximate surface area is 158 Å². The zero-order valence-electron chi connectivity index (χ0n) is 14.5. The summed E-state index contributed by atoms with van der Waals surface area (Å²) < 4.78 is 0. The summed E-state index contributed by atoms with van der Waals surface area (Å²) in [6, 6.07) is 19.3. The topological polar surface area (TPSA) is 54.0 Å². The molecule has 0 saturated heterocycles. The summed E-state index contributed by atoms with van der Waals surface area (Å²) in [7, 11) is 0. The van der Waals surface area contributed by atoms with Gasteiger partial charge in [-0.15, -0.1) is 0 Å². The van der Waals surface area contributed by atoms with E-state index in [1.165, 1.54) is 11.1 Å². The second-order valence-electron chi connectivity index (χ2n) is 6.12. The van der Waals surface area contributed by atoms with Gasteiger partial charge < -0.3 is 10.6 Å². The van der Waals surface area contributed by atoms with Crippen LogP contribution in [0.25, 0.3) is 0 Å². The molecule has 2 N–H and O–H groups in total. The molecule has 0 atom stereocenters. The van der Waals surface area contributed by atoms with Crippen LogP contribution in [0.15, 0.2) is 66.9 Å². The third-order valence-electron chi connectivity index (χ3n) is 3.92. The fraction of sp³-hybridized carbons (Fsp3) is 0.143. The molecule has 2 aromatic carbocycles. The van der Waals surface area contributed by atoms with Crippen LogP contribution in [-0.2, 0) is 17.8 Å². The minimum absolute atomic E-state index is 0.0884. The predicted molar refractivity (Wildman–Crippen MR) is 107 cm³/mol. The zero-order chi connectivity index (χ0) is 18.4. The van der Waals surface area contributed by atoms with E-state index in [2.05, 4.69) is 46.8 Å². The first-order chi connectivity index (χ1) is 12.6.